The molecule has 2 nitrogen and oxygen atoms in total. The predicted octanol–water partition coefficient (Wildman–Crippen LogP) is 1.40. The van der Waals surface area contributed by atoms with Crippen molar-refractivity contribution < 1.29 is 22.0 Å². The Morgan fingerprint density at radius 2 is 1.92 bits per heavy atom. The predicted molar refractivity (Wildman–Crippen MR) is 28.4 cm³/mol. The molecule has 1 aliphatic heterocycles. The van der Waals surface area contributed by atoms with Crippen molar-refractivity contribution in [2.45, 2.75) is 18.8 Å². The van der Waals surface area contributed by atoms with Gasteiger partial charge >= 0.3 is 6.30 Å². The minimum absolute atomic E-state index is 0.538. The molecule has 0 aromatic heterocycles. The molecule has 0 saturated carbocycles. The van der Waals surface area contributed by atoms with Crippen molar-refractivity contribution in [3.8, 4) is 0 Å². The number of alkyl halides is 5. The second kappa shape index (κ2) is 2.87. The number of hydrogen-bond acceptors (Lipinski definition) is 2. The van der Waals surface area contributed by atoms with Crippen LogP contribution in [0.15, 0.2) is 4.99 Å². The van der Waals surface area contributed by atoms with Gasteiger partial charge in [0, 0.05) is 0 Å². The molecule has 0 amide bonds. The van der Waals surface area contributed by atoms with Gasteiger partial charge < -0.3 is 0 Å². The molecule has 7 heteroatoms. The molecule has 0 spiro atoms. The van der Waals surface area contributed by atoms with Crippen LogP contribution in [-0.4, -0.2) is 30.0 Å². The van der Waals surface area contributed by atoms with Crippen LogP contribution in [0.1, 0.15) is 0 Å². The first kappa shape index (κ1) is 9.21. The van der Waals surface area contributed by atoms with Gasteiger partial charge in [-0.25, -0.2) is 8.78 Å². The van der Waals surface area contributed by atoms with Crippen LogP contribution < -0.4 is 0 Å². The molecule has 1 aliphatic rings. The zero-order chi connectivity index (χ0) is 9.35. The van der Waals surface area contributed by atoms with Crippen LogP contribution in [-0.2, 0) is 0 Å². The highest BCUT2D eigenvalue weighted by Crippen LogP contribution is 2.27. The average Bonchev–Trinajstić information content (AvgIpc) is 2.30. The van der Waals surface area contributed by atoms with Crippen molar-refractivity contribution in [3.63, 3.8) is 0 Å². The summed E-state index contributed by atoms with van der Waals surface area (Å²) in [6.45, 7) is 1.41. The van der Waals surface area contributed by atoms with E-state index in [0.717, 1.165) is 0 Å². The summed E-state index contributed by atoms with van der Waals surface area (Å²) < 4.78 is 58.5. The fourth-order valence-corrected chi connectivity index (χ4v) is 0.553. The van der Waals surface area contributed by atoms with E-state index in [4.69, 9.17) is 0 Å². The molecule has 0 saturated heterocycles. The SMILES string of the molecule is FC(F)C1[C]N(C(F)(F)F)[C]=N1. The number of halogens is 5. The van der Waals surface area contributed by atoms with E-state index in [-0.39, 0.29) is 0 Å². The lowest BCUT2D eigenvalue weighted by Crippen LogP contribution is -2.34. The standard InChI is InChI=1S/C5H2F5N2/c6-4(7)3-1-12(2-11-3)5(8,9)10/h3-4H. The first-order valence-corrected chi connectivity index (χ1v) is 2.78. The van der Waals surface area contributed by atoms with Crippen molar-refractivity contribution in [1.29, 1.82) is 0 Å². The highest BCUT2D eigenvalue weighted by atomic mass is 19.4. The van der Waals surface area contributed by atoms with E-state index < -0.39 is 23.7 Å². The van der Waals surface area contributed by atoms with Crippen molar-refractivity contribution in [3.05, 3.63) is 6.54 Å². The zero-order valence-electron chi connectivity index (χ0n) is 5.44. The molecule has 1 atom stereocenters. The van der Waals surface area contributed by atoms with Crippen molar-refractivity contribution in [2.24, 2.45) is 4.99 Å². The van der Waals surface area contributed by atoms with Crippen LogP contribution in [0.5, 0.6) is 0 Å². The maximum atomic E-state index is 11.7. The highest BCUT2D eigenvalue weighted by molar-refractivity contribution is 5.60. The normalized spacial score (nSPS) is 24.2. The van der Waals surface area contributed by atoms with E-state index in [1.54, 1.807) is 0 Å². The van der Waals surface area contributed by atoms with Crippen LogP contribution in [0.4, 0.5) is 22.0 Å². The van der Waals surface area contributed by atoms with Gasteiger partial charge in [0.1, 0.15) is 12.6 Å². The smallest absolute Gasteiger partial charge is 0.253 e. The Hall–Kier alpha value is -0.880. The van der Waals surface area contributed by atoms with E-state index in [0.29, 0.717) is 0 Å². The summed E-state index contributed by atoms with van der Waals surface area (Å²) >= 11 is 0. The lowest BCUT2D eigenvalue weighted by molar-refractivity contribution is -0.205. The van der Waals surface area contributed by atoms with Gasteiger partial charge in [-0.05, 0) is 0 Å². The molecule has 67 valence electrons. The van der Waals surface area contributed by atoms with Crippen LogP contribution in [0.25, 0.3) is 0 Å². The van der Waals surface area contributed by atoms with Crippen molar-refractivity contribution >= 4 is 6.34 Å². The second-order valence-electron chi connectivity index (χ2n) is 1.94. The summed E-state index contributed by atoms with van der Waals surface area (Å²) in [6, 6.07) is -1.85. The largest absolute Gasteiger partial charge is 0.486 e. The maximum absolute atomic E-state index is 11.7. The monoisotopic (exact) mass is 185 g/mol. The number of hydrogen-bond donors (Lipinski definition) is 0. The molecule has 1 heterocycles. The van der Waals surface area contributed by atoms with Crippen LogP contribution >= 0.6 is 0 Å². The highest BCUT2D eigenvalue weighted by Gasteiger charge is 2.43. The summed E-state index contributed by atoms with van der Waals surface area (Å²) in [5.41, 5.74) is 0. The zero-order valence-corrected chi connectivity index (χ0v) is 5.44. The van der Waals surface area contributed by atoms with Gasteiger partial charge in [0.25, 0.3) is 6.43 Å². The van der Waals surface area contributed by atoms with E-state index in [2.05, 4.69) is 4.99 Å². The first-order valence-electron chi connectivity index (χ1n) is 2.78. The van der Waals surface area contributed by atoms with Gasteiger partial charge in [0.05, 0.1) is 0 Å². The Morgan fingerprint density at radius 1 is 1.33 bits per heavy atom. The summed E-state index contributed by atoms with van der Waals surface area (Å²) in [4.78, 5) is 2.24. The number of rotatable bonds is 1. The average molecular weight is 185 g/mol. The number of nitrogens with zero attached hydrogens (tertiary/aromatic N) is 2. The topological polar surface area (TPSA) is 15.6 Å². The first-order chi connectivity index (χ1) is 5.41. The third kappa shape index (κ3) is 1.83. The quantitative estimate of drug-likeness (QED) is 0.445. The Morgan fingerprint density at radius 3 is 2.17 bits per heavy atom. The second-order valence-corrected chi connectivity index (χ2v) is 1.94. The van der Waals surface area contributed by atoms with Crippen molar-refractivity contribution in [2.75, 3.05) is 0 Å². The molecule has 3 radical (unpaired) electrons. The Bertz CT molecular complexity index is 187. The molecule has 0 bridgehead atoms. The maximum Gasteiger partial charge on any atom is 0.486 e. The molecular weight excluding hydrogens is 183 g/mol. The fourth-order valence-electron chi connectivity index (χ4n) is 0.553. The van der Waals surface area contributed by atoms with E-state index in [1.807, 2.05) is 0 Å². The number of aliphatic imine (C=N–C) groups is 1. The lowest BCUT2D eigenvalue weighted by atomic mass is 10.3. The van der Waals surface area contributed by atoms with Gasteiger partial charge in [-0.1, -0.05) is 0 Å². The van der Waals surface area contributed by atoms with Gasteiger partial charge in [-0.2, -0.15) is 0 Å². The van der Waals surface area contributed by atoms with Crippen molar-refractivity contribution in [1.82, 2.24) is 4.90 Å². The third-order valence-corrected chi connectivity index (χ3v) is 1.05. The van der Waals surface area contributed by atoms with E-state index in [1.165, 1.54) is 12.9 Å². The summed E-state index contributed by atoms with van der Waals surface area (Å²) in [5.74, 6) is 0. The molecular formula is C5H2F5N2. The lowest BCUT2D eigenvalue weighted by Gasteiger charge is -2.16. The minimum Gasteiger partial charge on any atom is -0.253 e. The van der Waals surface area contributed by atoms with Gasteiger partial charge in [-0.15, -0.1) is 13.2 Å². The molecule has 1 unspecified atom stereocenters. The van der Waals surface area contributed by atoms with Gasteiger partial charge in [-0.3, -0.25) is 9.89 Å². The third-order valence-electron chi connectivity index (χ3n) is 1.05. The van der Waals surface area contributed by atoms with Crippen LogP contribution in [0, 0.1) is 6.54 Å². The molecule has 0 aromatic carbocycles. The molecule has 1 rings (SSSR count). The Kier molecular flexibility index (Phi) is 2.20. The summed E-state index contributed by atoms with van der Waals surface area (Å²) in [5, 5.41) is 0. The molecule has 0 aliphatic carbocycles. The Labute approximate surface area is 64.7 Å². The molecule has 12 heavy (non-hydrogen) atoms. The summed E-state index contributed by atoms with van der Waals surface area (Å²) in [7, 11) is 0. The molecule has 0 N–H and O–H groups in total. The van der Waals surface area contributed by atoms with Gasteiger partial charge in [0.15, 0.2) is 6.34 Å². The fraction of sp³-hybridized carbons (Fsp3) is 0.600. The van der Waals surface area contributed by atoms with E-state index >= 15 is 0 Å². The molecule has 0 fully saturated rings. The molecule has 0 aromatic rings. The Balaban J connectivity index is 2.54. The van der Waals surface area contributed by atoms with Gasteiger partial charge in [0.2, 0.25) is 0 Å². The van der Waals surface area contributed by atoms with E-state index in [9.17, 15) is 22.0 Å². The van der Waals surface area contributed by atoms with Crippen LogP contribution in [0.2, 0.25) is 0 Å². The van der Waals surface area contributed by atoms with Crippen LogP contribution in [0.3, 0.4) is 0 Å². The summed E-state index contributed by atoms with van der Waals surface area (Å²) in [6.07, 6.45) is -6.38. The minimum atomic E-state index is -4.77.